The highest BCUT2D eigenvalue weighted by atomic mass is 127. The molecule has 8 nitrogen and oxygen atoms in total. The number of hydrogen-bond acceptors (Lipinski definition) is 6. The summed E-state index contributed by atoms with van der Waals surface area (Å²) in [6.07, 6.45) is 0.674. The van der Waals surface area contributed by atoms with Crippen molar-refractivity contribution in [1.82, 2.24) is 25.7 Å². The summed E-state index contributed by atoms with van der Waals surface area (Å²) in [5.41, 5.74) is 0.0417. The molecular weight excluding hydrogens is 447 g/mol. The first kappa shape index (κ1) is 23.1. The standard InChI is InChI=1S/C17H32N6O2.HI/c1-13(2)15-21-14(25-22-15)6-7-19-16(18-5)20-12-17(3,4)23-8-10-24-11-9-23;/h13H,6-12H2,1-5H3,(H2,18,19,20);1H. The highest BCUT2D eigenvalue weighted by Crippen LogP contribution is 2.15. The minimum atomic E-state index is 0. The number of nitrogens with zero attached hydrogens (tertiary/aromatic N) is 4. The van der Waals surface area contributed by atoms with E-state index in [1.54, 1.807) is 7.05 Å². The van der Waals surface area contributed by atoms with Crippen molar-refractivity contribution < 1.29 is 9.26 Å². The predicted octanol–water partition coefficient (Wildman–Crippen LogP) is 1.63. The first-order valence-corrected chi connectivity index (χ1v) is 9.02. The van der Waals surface area contributed by atoms with Gasteiger partial charge in [-0.3, -0.25) is 9.89 Å². The van der Waals surface area contributed by atoms with Gasteiger partial charge in [-0.25, -0.2) is 0 Å². The Hall–Kier alpha value is -0.940. The van der Waals surface area contributed by atoms with Crippen LogP contribution in [-0.2, 0) is 11.2 Å². The molecule has 150 valence electrons. The lowest BCUT2D eigenvalue weighted by atomic mass is 10.0. The van der Waals surface area contributed by atoms with E-state index < -0.39 is 0 Å². The molecule has 0 bridgehead atoms. The van der Waals surface area contributed by atoms with Crippen LogP contribution in [-0.4, -0.2) is 73.0 Å². The highest BCUT2D eigenvalue weighted by molar-refractivity contribution is 14.0. The molecule has 0 aromatic carbocycles. The first-order chi connectivity index (χ1) is 11.9. The van der Waals surface area contributed by atoms with E-state index in [4.69, 9.17) is 9.26 Å². The maximum absolute atomic E-state index is 5.44. The Morgan fingerprint density at radius 3 is 2.54 bits per heavy atom. The van der Waals surface area contributed by atoms with E-state index in [2.05, 4.69) is 58.4 Å². The number of aliphatic imine (C=N–C) groups is 1. The molecule has 0 amide bonds. The Kier molecular flexibility index (Phi) is 9.80. The molecule has 1 aliphatic heterocycles. The fraction of sp³-hybridized carbons (Fsp3) is 0.824. The molecular formula is C17H33IN6O2. The van der Waals surface area contributed by atoms with E-state index in [9.17, 15) is 0 Å². The number of guanidine groups is 1. The summed E-state index contributed by atoms with van der Waals surface area (Å²) in [7, 11) is 1.78. The summed E-state index contributed by atoms with van der Waals surface area (Å²) in [5.74, 6) is 2.47. The number of hydrogen-bond donors (Lipinski definition) is 2. The van der Waals surface area contributed by atoms with Gasteiger partial charge in [0.1, 0.15) is 0 Å². The van der Waals surface area contributed by atoms with Crippen LogP contribution in [0.15, 0.2) is 9.52 Å². The lowest BCUT2D eigenvalue weighted by molar-refractivity contribution is -0.00833. The average molecular weight is 480 g/mol. The molecule has 1 aromatic heterocycles. The molecule has 0 spiro atoms. The third kappa shape index (κ3) is 6.99. The van der Waals surface area contributed by atoms with Crippen LogP contribution in [0, 0.1) is 0 Å². The molecule has 9 heteroatoms. The van der Waals surface area contributed by atoms with Crippen LogP contribution in [0.2, 0.25) is 0 Å². The van der Waals surface area contributed by atoms with Crippen molar-refractivity contribution in [2.45, 2.75) is 45.6 Å². The molecule has 0 atom stereocenters. The van der Waals surface area contributed by atoms with Crippen molar-refractivity contribution in [3.05, 3.63) is 11.7 Å². The number of ether oxygens (including phenoxy) is 1. The van der Waals surface area contributed by atoms with Gasteiger partial charge >= 0.3 is 0 Å². The molecule has 2 N–H and O–H groups in total. The predicted molar refractivity (Wildman–Crippen MR) is 113 cm³/mol. The van der Waals surface area contributed by atoms with E-state index in [-0.39, 0.29) is 35.4 Å². The quantitative estimate of drug-likeness (QED) is 0.349. The molecule has 2 rings (SSSR count). The van der Waals surface area contributed by atoms with E-state index in [0.717, 1.165) is 44.6 Å². The summed E-state index contributed by atoms with van der Waals surface area (Å²) in [6, 6.07) is 0. The van der Waals surface area contributed by atoms with Gasteiger partial charge in [-0.1, -0.05) is 19.0 Å². The van der Waals surface area contributed by atoms with E-state index in [0.29, 0.717) is 18.9 Å². The van der Waals surface area contributed by atoms with Crippen molar-refractivity contribution in [3.8, 4) is 0 Å². The Morgan fingerprint density at radius 1 is 1.27 bits per heavy atom. The van der Waals surface area contributed by atoms with Crippen LogP contribution in [0.25, 0.3) is 0 Å². The number of nitrogens with one attached hydrogen (secondary N) is 2. The van der Waals surface area contributed by atoms with Crippen molar-refractivity contribution in [1.29, 1.82) is 0 Å². The molecule has 0 unspecified atom stereocenters. The smallest absolute Gasteiger partial charge is 0.228 e. The van der Waals surface area contributed by atoms with Crippen molar-refractivity contribution >= 4 is 29.9 Å². The fourth-order valence-corrected chi connectivity index (χ4v) is 2.69. The Morgan fingerprint density at radius 2 is 1.96 bits per heavy atom. The van der Waals surface area contributed by atoms with Gasteiger partial charge in [0.25, 0.3) is 0 Å². The molecule has 0 saturated carbocycles. The van der Waals surface area contributed by atoms with Gasteiger partial charge in [-0.2, -0.15) is 4.98 Å². The van der Waals surface area contributed by atoms with Gasteiger partial charge in [0.2, 0.25) is 5.89 Å². The molecule has 2 heterocycles. The second-order valence-corrected chi connectivity index (χ2v) is 7.22. The summed E-state index contributed by atoms with van der Waals surface area (Å²) < 4.78 is 10.7. The van der Waals surface area contributed by atoms with Gasteiger partial charge in [-0.15, -0.1) is 24.0 Å². The Balaban J connectivity index is 0.00000338. The van der Waals surface area contributed by atoms with Crippen LogP contribution >= 0.6 is 24.0 Å². The number of morpholine rings is 1. The lowest BCUT2D eigenvalue weighted by Crippen LogP contribution is -2.56. The van der Waals surface area contributed by atoms with E-state index in [1.165, 1.54) is 0 Å². The van der Waals surface area contributed by atoms with Crippen molar-refractivity contribution in [3.63, 3.8) is 0 Å². The number of rotatable bonds is 7. The zero-order valence-corrected chi connectivity index (χ0v) is 18.9. The summed E-state index contributed by atoms with van der Waals surface area (Å²) >= 11 is 0. The number of halogens is 1. The molecule has 0 radical (unpaired) electrons. The lowest BCUT2D eigenvalue weighted by Gasteiger charge is -2.41. The minimum absolute atomic E-state index is 0. The fourth-order valence-electron chi connectivity index (χ4n) is 2.69. The third-order valence-electron chi connectivity index (χ3n) is 4.41. The summed E-state index contributed by atoms with van der Waals surface area (Å²) in [5, 5.41) is 10.7. The van der Waals surface area contributed by atoms with Gasteiger partial charge in [0.05, 0.1) is 13.2 Å². The monoisotopic (exact) mass is 480 g/mol. The molecule has 1 aliphatic rings. The Labute approximate surface area is 173 Å². The van der Waals surface area contributed by atoms with Gasteiger partial charge in [0, 0.05) is 51.1 Å². The van der Waals surface area contributed by atoms with Crippen LogP contribution in [0.5, 0.6) is 0 Å². The first-order valence-electron chi connectivity index (χ1n) is 9.02. The van der Waals surface area contributed by atoms with E-state index >= 15 is 0 Å². The van der Waals surface area contributed by atoms with E-state index in [1.807, 2.05) is 0 Å². The molecule has 1 saturated heterocycles. The highest BCUT2D eigenvalue weighted by Gasteiger charge is 2.28. The maximum atomic E-state index is 5.44. The molecule has 26 heavy (non-hydrogen) atoms. The van der Waals surface area contributed by atoms with Gasteiger partial charge < -0.3 is 19.9 Å². The van der Waals surface area contributed by atoms with Crippen LogP contribution in [0.3, 0.4) is 0 Å². The minimum Gasteiger partial charge on any atom is -0.379 e. The van der Waals surface area contributed by atoms with Crippen molar-refractivity contribution in [2.24, 2.45) is 4.99 Å². The maximum Gasteiger partial charge on any atom is 0.228 e. The van der Waals surface area contributed by atoms with Crippen LogP contribution in [0.4, 0.5) is 0 Å². The third-order valence-corrected chi connectivity index (χ3v) is 4.41. The molecule has 1 fully saturated rings. The zero-order chi connectivity index (χ0) is 18.3. The summed E-state index contributed by atoms with van der Waals surface area (Å²) in [4.78, 5) is 11.1. The average Bonchev–Trinajstić information content (AvgIpc) is 3.08. The zero-order valence-electron chi connectivity index (χ0n) is 16.5. The molecule has 1 aromatic rings. The largest absolute Gasteiger partial charge is 0.379 e. The summed E-state index contributed by atoms with van der Waals surface area (Å²) in [6.45, 7) is 13.6. The normalized spacial score (nSPS) is 16.5. The second kappa shape index (κ2) is 11.0. The number of aromatic nitrogens is 2. The van der Waals surface area contributed by atoms with Crippen molar-refractivity contribution in [2.75, 3.05) is 46.4 Å². The van der Waals surface area contributed by atoms with Crippen LogP contribution < -0.4 is 10.6 Å². The Bertz CT molecular complexity index is 555. The van der Waals surface area contributed by atoms with Gasteiger partial charge in [0.15, 0.2) is 11.8 Å². The molecule has 0 aliphatic carbocycles. The van der Waals surface area contributed by atoms with Crippen LogP contribution in [0.1, 0.15) is 45.3 Å². The second-order valence-electron chi connectivity index (χ2n) is 7.22. The van der Waals surface area contributed by atoms with Gasteiger partial charge in [-0.05, 0) is 13.8 Å². The SMILES string of the molecule is CN=C(NCCc1nc(C(C)C)no1)NCC(C)(C)N1CCOCC1.I. The topological polar surface area (TPSA) is 87.8 Å².